The number of hydrogen-bond acceptors (Lipinski definition) is 4. The molecule has 0 fully saturated rings. The van der Waals surface area contributed by atoms with Crippen LogP contribution in [0.15, 0.2) is 85.1 Å². The van der Waals surface area contributed by atoms with Gasteiger partial charge >= 0.3 is 0 Å². The van der Waals surface area contributed by atoms with Crippen LogP contribution in [0.25, 0.3) is 21.0 Å². The van der Waals surface area contributed by atoms with Gasteiger partial charge in [0.05, 0.1) is 4.88 Å². The number of unbranched alkanes of at least 4 members (excludes halogenated alkanes) is 1. The summed E-state index contributed by atoms with van der Waals surface area (Å²) in [4.78, 5) is 17.4. The van der Waals surface area contributed by atoms with Crippen LogP contribution in [0.1, 0.15) is 41.4 Å². The van der Waals surface area contributed by atoms with E-state index in [-0.39, 0.29) is 11.9 Å². The number of aromatic amines is 1. The number of H-pyrrole nitrogens is 1. The quantitative estimate of drug-likeness (QED) is 0.132. The number of rotatable bonds is 12. The van der Waals surface area contributed by atoms with E-state index >= 15 is 0 Å². The Morgan fingerprint density at radius 1 is 0.919 bits per heavy atom. The fourth-order valence-electron chi connectivity index (χ4n) is 4.72. The summed E-state index contributed by atoms with van der Waals surface area (Å²) in [5.41, 5.74) is 4.58. The predicted molar refractivity (Wildman–Crippen MR) is 158 cm³/mol. The minimum atomic E-state index is 0.0173. The highest BCUT2D eigenvalue weighted by molar-refractivity contribution is 7.20. The van der Waals surface area contributed by atoms with Crippen molar-refractivity contribution in [2.45, 2.75) is 38.6 Å². The van der Waals surface area contributed by atoms with Crippen molar-refractivity contribution >= 4 is 49.6 Å². The molecule has 0 aliphatic heterocycles. The fourth-order valence-corrected chi connectivity index (χ4v) is 5.73. The minimum absolute atomic E-state index is 0.0173. The zero-order chi connectivity index (χ0) is 25.5. The van der Waals surface area contributed by atoms with E-state index in [2.05, 4.69) is 82.6 Å². The first-order valence-corrected chi connectivity index (χ1v) is 13.9. The molecule has 190 valence electrons. The van der Waals surface area contributed by atoms with Crippen LogP contribution in [0, 0.1) is 0 Å². The van der Waals surface area contributed by atoms with Crippen molar-refractivity contribution in [3.8, 4) is 0 Å². The lowest BCUT2D eigenvalue weighted by molar-refractivity contribution is 0.0938. The van der Waals surface area contributed by atoms with Gasteiger partial charge < -0.3 is 20.9 Å². The molecule has 5 nitrogen and oxygen atoms in total. The number of carbonyl (C=O) groups is 1. The molecular formula is C31H34N4OS. The molecule has 0 aliphatic carbocycles. The predicted octanol–water partition coefficient (Wildman–Crippen LogP) is 7.44. The molecule has 5 aromatic rings. The minimum Gasteiger partial charge on any atom is -0.383 e. The van der Waals surface area contributed by atoms with E-state index in [4.69, 9.17) is 0 Å². The Bertz CT molecular complexity index is 1460. The average Bonchev–Trinajstić information content (AvgIpc) is 3.54. The lowest BCUT2D eigenvalue weighted by atomic mass is 10.0. The fraction of sp³-hybridized carbons (Fsp3) is 0.258. The van der Waals surface area contributed by atoms with E-state index in [0.717, 1.165) is 70.6 Å². The van der Waals surface area contributed by atoms with E-state index in [1.165, 1.54) is 10.9 Å². The van der Waals surface area contributed by atoms with Crippen molar-refractivity contribution in [1.29, 1.82) is 0 Å². The lowest BCUT2D eigenvalue weighted by Crippen LogP contribution is -2.36. The third kappa shape index (κ3) is 6.33. The van der Waals surface area contributed by atoms with E-state index in [0.29, 0.717) is 0 Å². The summed E-state index contributed by atoms with van der Waals surface area (Å²) in [5, 5.41) is 12.6. The van der Waals surface area contributed by atoms with Gasteiger partial charge in [-0.1, -0.05) is 62.2 Å². The first-order valence-electron chi connectivity index (χ1n) is 13.1. The molecule has 0 saturated carbocycles. The molecule has 1 atom stereocenters. The zero-order valence-electron chi connectivity index (χ0n) is 21.2. The first kappa shape index (κ1) is 24.9. The summed E-state index contributed by atoms with van der Waals surface area (Å²) in [6.45, 7) is 3.84. The lowest BCUT2D eigenvalue weighted by Gasteiger charge is -2.18. The normalized spacial score (nSPS) is 12.0. The number of para-hydroxylation sites is 2. The first-order chi connectivity index (χ1) is 18.2. The Kier molecular flexibility index (Phi) is 8.06. The van der Waals surface area contributed by atoms with Crippen LogP contribution in [0.5, 0.6) is 0 Å². The molecule has 4 N–H and O–H groups in total. The summed E-state index contributed by atoms with van der Waals surface area (Å²) in [6, 6.07) is 27.0. The van der Waals surface area contributed by atoms with Crippen LogP contribution in [-0.4, -0.2) is 30.0 Å². The van der Waals surface area contributed by atoms with Gasteiger partial charge in [0.25, 0.3) is 5.91 Å². The Morgan fingerprint density at radius 2 is 1.70 bits per heavy atom. The maximum atomic E-state index is 13.3. The van der Waals surface area contributed by atoms with E-state index in [1.54, 1.807) is 11.3 Å². The smallest absolute Gasteiger partial charge is 0.261 e. The molecule has 2 aromatic heterocycles. The number of thiophene rings is 1. The third-order valence-corrected chi connectivity index (χ3v) is 7.78. The largest absolute Gasteiger partial charge is 0.383 e. The molecule has 5 rings (SSSR count). The molecule has 0 aliphatic rings. The van der Waals surface area contributed by atoms with Gasteiger partial charge in [-0.15, -0.1) is 11.3 Å². The van der Waals surface area contributed by atoms with Crippen LogP contribution in [0.2, 0.25) is 0 Å². The molecule has 0 bridgehead atoms. The maximum absolute atomic E-state index is 13.3. The van der Waals surface area contributed by atoms with E-state index in [9.17, 15) is 4.79 Å². The van der Waals surface area contributed by atoms with Gasteiger partial charge in [-0.05, 0) is 60.2 Å². The van der Waals surface area contributed by atoms with Crippen LogP contribution in [-0.2, 0) is 6.42 Å². The van der Waals surface area contributed by atoms with Crippen LogP contribution >= 0.6 is 11.3 Å². The van der Waals surface area contributed by atoms with Crippen LogP contribution in [0.3, 0.4) is 0 Å². The molecule has 3 aromatic carbocycles. The molecule has 37 heavy (non-hydrogen) atoms. The summed E-state index contributed by atoms with van der Waals surface area (Å²) in [7, 11) is 0. The van der Waals surface area contributed by atoms with Gasteiger partial charge in [0.1, 0.15) is 0 Å². The Labute approximate surface area is 222 Å². The van der Waals surface area contributed by atoms with Crippen molar-refractivity contribution in [3.05, 3.63) is 95.5 Å². The second kappa shape index (κ2) is 12.0. The Hall–Kier alpha value is -3.77. The molecular weight excluding hydrogens is 476 g/mol. The van der Waals surface area contributed by atoms with E-state index in [1.807, 2.05) is 30.3 Å². The number of anilines is 2. The molecule has 0 spiro atoms. The maximum Gasteiger partial charge on any atom is 0.261 e. The zero-order valence-corrected chi connectivity index (χ0v) is 22.0. The van der Waals surface area contributed by atoms with Crippen LogP contribution < -0.4 is 16.0 Å². The summed E-state index contributed by atoms with van der Waals surface area (Å²) >= 11 is 1.56. The van der Waals surface area contributed by atoms with Gasteiger partial charge in [-0.3, -0.25) is 4.79 Å². The molecule has 2 heterocycles. The van der Waals surface area contributed by atoms with Crippen LogP contribution in [0.4, 0.5) is 11.4 Å². The van der Waals surface area contributed by atoms with Gasteiger partial charge in [0.15, 0.2) is 0 Å². The highest BCUT2D eigenvalue weighted by atomic mass is 32.1. The van der Waals surface area contributed by atoms with E-state index < -0.39 is 0 Å². The number of benzene rings is 3. The second-order valence-electron chi connectivity index (χ2n) is 9.46. The van der Waals surface area contributed by atoms with Gasteiger partial charge in [0, 0.05) is 52.3 Å². The monoisotopic (exact) mass is 510 g/mol. The molecule has 0 radical (unpaired) electrons. The average molecular weight is 511 g/mol. The summed E-state index contributed by atoms with van der Waals surface area (Å²) in [6.07, 6.45) is 6.08. The molecule has 1 amide bonds. The standard InChI is InChI=1S/C31H34N4OS/c1-2-3-9-26(18-23-21-34-28-13-8-7-12-27(23)28)35-31(36)30-19-22-14-15-25(20-29(22)37-30)33-17-16-32-24-10-5-4-6-11-24/h4-8,10-15,19-21,26,32-34H,2-3,9,16-18H2,1H3,(H,35,36). The van der Waals surface area contributed by atoms with Crippen molar-refractivity contribution in [1.82, 2.24) is 10.3 Å². The SMILES string of the molecule is CCCCC(Cc1c[nH]c2ccccc12)NC(=O)c1cc2ccc(NCCNc3ccccc3)cc2s1. The molecule has 0 saturated heterocycles. The highest BCUT2D eigenvalue weighted by Gasteiger charge is 2.18. The number of fused-ring (bicyclic) bond motifs is 2. The molecule has 6 heteroatoms. The van der Waals surface area contributed by atoms with Crippen molar-refractivity contribution in [2.24, 2.45) is 0 Å². The van der Waals surface area contributed by atoms with Crippen molar-refractivity contribution in [2.75, 3.05) is 23.7 Å². The summed E-state index contributed by atoms with van der Waals surface area (Å²) in [5.74, 6) is 0.0173. The third-order valence-electron chi connectivity index (χ3n) is 6.68. The number of nitrogens with one attached hydrogen (secondary N) is 4. The van der Waals surface area contributed by atoms with Crippen molar-refractivity contribution in [3.63, 3.8) is 0 Å². The molecule has 1 unspecified atom stereocenters. The van der Waals surface area contributed by atoms with Crippen molar-refractivity contribution < 1.29 is 4.79 Å². The topological polar surface area (TPSA) is 69.0 Å². The number of hydrogen-bond donors (Lipinski definition) is 4. The number of amides is 1. The Morgan fingerprint density at radius 3 is 2.54 bits per heavy atom. The summed E-state index contributed by atoms with van der Waals surface area (Å²) < 4.78 is 1.12. The van der Waals surface area contributed by atoms with Gasteiger partial charge in [-0.2, -0.15) is 0 Å². The van der Waals surface area contributed by atoms with Gasteiger partial charge in [-0.25, -0.2) is 0 Å². The highest BCUT2D eigenvalue weighted by Crippen LogP contribution is 2.29. The Balaban J connectivity index is 1.22. The second-order valence-corrected chi connectivity index (χ2v) is 10.5. The van der Waals surface area contributed by atoms with Gasteiger partial charge in [0.2, 0.25) is 0 Å². The number of aromatic nitrogens is 1. The number of carbonyl (C=O) groups excluding carboxylic acids is 1.